The molecule has 0 saturated carbocycles. The van der Waals surface area contributed by atoms with E-state index in [1.807, 2.05) is 48.5 Å². The molecule has 2 aliphatic rings. The van der Waals surface area contributed by atoms with Crippen molar-refractivity contribution < 1.29 is 28.5 Å². The zero-order valence-corrected chi connectivity index (χ0v) is 30.6. The van der Waals surface area contributed by atoms with Gasteiger partial charge in [-0.15, -0.1) is 0 Å². The molecule has 5 aromatic rings. The van der Waals surface area contributed by atoms with Gasteiger partial charge in [0.2, 0.25) is 5.78 Å². The number of halogens is 4. The third-order valence-corrected chi connectivity index (χ3v) is 9.88. The molecule has 52 heavy (non-hydrogen) atoms. The number of rotatable bonds is 8. The van der Waals surface area contributed by atoms with Gasteiger partial charge in [0.05, 0.1) is 68.7 Å². The topological polar surface area (TPSA) is 76.3 Å². The maximum atomic E-state index is 13.7. The smallest absolute Gasteiger partial charge is 0.365 e. The summed E-state index contributed by atoms with van der Waals surface area (Å²) in [6.07, 6.45) is 6.77. The van der Waals surface area contributed by atoms with E-state index < -0.39 is 0 Å². The van der Waals surface area contributed by atoms with Gasteiger partial charge >= 0.3 is 11.5 Å². The van der Waals surface area contributed by atoms with Gasteiger partial charge in [0.1, 0.15) is 34.3 Å². The molecule has 0 amide bonds. The van der Waals surface area contributed by atoms with Crippen molar-refractivity contribution in [1.29, 1.82) is 0 Å². The lowest BCUT2D eigenvalue weighted by Gasteiger charge is -2.22. The van der Waals surface area contributed by atoms with Crippen LogP contribution in [0, 0.1) is 0 Å². The van der Waals surface area contributed by atoms with Crippen molar-refractivity contribution in [2.45, 2.75) is 0 Å². The summed E-state index contributed by atoms with van der Waals surface area (Å²) in [5, 5.41) is 12.8. The number of allylic oxidation sites excluding steroid dienone is 6. The Morgan fingerprint density at radius 1 is 0.654 bits per heavy atom. The van der Waals surface area contributed by atoms with Crippen molar-refractivity contribution in [3.8, 4) is 34.1 Å². The van der Waals surface area contributed by atoms with Crippen LogP contribution in [-0.2, 0) is 9.53 Å². The highest BCUT2D eigenvalue weighted by atomic mass is 35.5. The predicted molar refractivity (Wildman–Crippen MR) is 208 cm³/mol. The molecule has 0 bridgehead atoms. The minimum Gasteiger partial charge on any atom is -0.506 e. The Labute approximate surface area is 319 Å². The fourth-order valence-corrected chi connectivity index (χ4v) is 6.40. The van der Waals surface area contributed by atoms with Crippen molar-refractivity contribution in [2.24, 2.45) is 0 Å². The van der Waals surface area contributed by atoms with Gasteiger partial charge in [-0.05, 0) is 96.1 Å². The van der Waals surface area contributed by atoms with Gasteiger partial charge in [-0.1, -0.05) is 70.7 Å². The summed E-state index contributed by atoms with van der Waals surface area (Å²) in [6.45, 7) is 0. The van der Waals surface area contributed by atoms with Crippen molar-refractivity contribution in [1.82, 2.24) is 0 Å². The van der Waals surface area contributed by atoms with E-state index in [0.29, 0.717) is 88.0 Å². The first-order valence-corrected chi connectivity index (χ1v) is 17.3. The monoisotopic (exact) mass is 767 g/mol. The fraction of sp³-hybridized carbons (Fsp3) is 0.0476. The van der Waals surface area contributed by atoms with E-state index in [-0.39, 0.29) is 22.7 Å². The molecule has 6 nitrogen and oxygen atoms in total. The summed E-state index contributed by atoms with van der Waals surface area (Å²) in [7, 11) is 3.15. The first kappa shape index (κ1) is 35.2. The highest BCUT2D eigenvalue weighted by Gasteiger charge is 2.33. The van der Waals surface area contributed by atoms with Crippen molar-refractivity contribution in [3.63, 3.8) is 0 Å². The van der Waals surface area contributed by atoms with Crippen molar-refractivity contribution in [2.75, 3.05) is 14.2 Å². The summed E-state index contributed by atoms with van der Waals surface area (Å²) in [5.74, 6) is 2.56. The SMILES string of the molecule is COc1ccccc1C1=CC(=CC2=C(O)C(=Cc3cc(-c4ccc(Cl)c(Cl)c4)[o+]c(-c4ccccc4OC)c3)C2=O)C=C(c2ccc(Cl)c(Cl)c2)O1. The van der Waals surface area contributed by atoms with Gasteiger partial charge < -0.3 is 19.3 Å². The van der Waals surface area contributed by atoms with Crippen LogP contribution >= 0.6 is 46.4 Å². The number of hydrogen-bond donors (Lipinski definition) is 1. The minimum atomic E-state index is -0.344. The molecule has 0 saturated heterocycles. The number of para-hydroxylation sites is 2. The van der Waals surface area contributed by atoms with E-state index in [9.17, 15) is 9.90 Å². The molecular weight excluding hydrogens is 742 g/mol. The highest BCUT2D eigenvalue weighted by Crippen LogP contribution is 2.41. The van der Waals surface area contributed by atoms with Crippen LogP contribution in [-0.4, -0.2) is 25.1 Å². The molecule has 0 spiro atoms. The second-order valence-electron chi connectivity index (χ2n) is 11.7. The van der Waals surface area contributed by atoms with E-state index in [2.05, 4.69) is 0 Å². The van der Waals surface area contributed by atoms with E-state index in [1.54, 1.807) is 87.1 Å². The van der Waals surface area contributed by atoms with E-state index in [1.165, 1.54) is 0 Å². The van der Waals surface area contributed by atoms with Crippen LogP contribution in [0.3, 0.4) is 0 Å². The van der Waals surface area contributed by atoms with Crippen LogP contribution in [0.4, 0.5) is 0 Å². The second kappa shape index (κ2) is 14.8. The zero-order chi connectivity index (χ0) is 36.5. The van der Waals surface area contributed by atoms with Crippen LogP contribution < -0.4 is 9.47 Å². The average molecular weight is 769 g/mol. The zero-order valence-electron chi connectivity index (χ0n) is 27.5. The van der Waals surface area contributed by atoms with Gasteiger partial charge in [-0.2, -0.15) is 0 Å². The van der Waals surface area contributed by atoms with Gasteiger partial charge in [-0.3, -0.25) is 4.79 Å². The maximum absolute atomic E-state index is 13.7. The first-order chi connectivity index (χ1) is 25.1. The number of ketones is 1. The molecule has 1 aromatic heterocycles. The molecule has 2 heterocycles. The fourth-order valence-electron chi connectivity index (χ4n) is 5.80. The number of carbonyl (C=O) groups is 1. The lowest BCUT2D eigenvalue weighted by atomic mass is 9.85. The van der Waals surface area contributed by atoms with Crippen molar-refractivity contribution >= 4 is 69.8 Å². The molecule has 1 aliphatic carbocycles. The third-order valence-electron chi connectivity index (χ3n) is 8.41. The number of Topliss-reactive ketones (excluding diaryl/α,β-unsaturated/α-hetero) is 1. The standard InChI is InChI=1S/C42H26Cl4O6/c1-49-35-9-5-3-7-27(35)39-19-23(17-37(51-39)25-11-13-31(43)33(45)21-25)15-29-41(47)30(42(29)48)16-24-18-38(26-12-14-32(44)34(46)22-26)52-40(20-24)28-8-4-6-10-36(28)50-2/h3-22H,1-2H3/p+1. The van der Waals surface area contributed by atoms with E-state index in [0.717, 1.165) is 0 Å². The molecule has 10 heteroatoms. The Bertz CT molecular complexity index is 2440. The number of carbonyl (C=O) groups excluding carboxylic acids is 1. The molecule has 0 unspecified atom stereocenters. The average Bonchev–Trinajstić information content (AvgIpc) is 3.17. The number of benzene rings is 4. The Morgan fingerprint density at radius 3 is 1.88 bits per heavy atom. The van der Waals surface area contributed by atoms with Crippen LogP contribution in [0.15, 0.2) is 142 Å². The molecule has 0 radical (unpaired) electrons. The Balaban J connectivity index is 1.32. The molecule has 7 rings (SSSR count). The lowest BCUT2D eigenvalue weighted by molar-refractivity contribution is -0.113. The maximum Gasteiger partial charge on any atom is 0.365 e. The second-order valence-corrected chi connectivity index (χ2v) is 13.3. The van der Waals surface area contributed by atoms with Crippen LogP contribution in [0.25, 0.3) is 40.2 Å². The lowest BCUT2D eigenvalue weighted by Crippen LogP contribution is -2.21. The molecular formula is C42H27Cl4O6+. The Kier molecular flexibility index (Phi) is 10.00. The van der Waals surface area contributed by atoms with E-state index in [4.69, 9.17) is 65.0 Å². The number of aliphatic hydroxyl groups excluding tert-OH is 1. The summed E-state index contributed by atoms with van der Waals surface area (Å²) in [6, 6.07) is 28.7. The van der Waals surface area contributed by atoms with Gasteiger partial charge in [0.25, 0.3) is 0 Å². The summed E-state index contributed by atoms with van der Waals surface area (Å²) in [5.41, 5.74) is 4.19. The van der Waals surface area contributed by atoms with Gasteiger partial charge in [-0.25, -0.2) is 4.42 Å². The number of methoxy groups -OCH3 is 2. The van der Waals surface area contributed by atoms with Crippen molar-refractivity contribution in [3.05, 3.63) is 175 Å². The van der Waals surface area contributed by atoms with Crippen LogP contribution in [0.5, 0.6) is 11.5 Å². The third kappa shape index (κ3) is 6.99. The van der Waals surface area contributed by atoms with Crippen LogP contribution in [0.2, 0.25) is 20.1 Å². The van der Waals surface area contributed by atoms with Gasteiger partial charge in [0.15, 0.2) is 0 Å². The largest absolute Gasteiger partial charge is 0.506 e. The van der Waals surface area contributed by atoms with Crippen LogP contribution in [0.1, 0.15) is 16.7 Å². The molecule has 4 aromatic carbocycles. The quantitative estimate of drug-likeness (QED) is 0.125. The first-order valence-electron chi connectivity index (χ1n) is 15.8. The van der Waals surface area contributed by atoms with Gasteiger partial charge in [0, 0.05) is 5.56 Å². The summed E-state index contributed by atoms with van der Waals surface area (Å²) >= 11 is 25.1. The Hall–Kier alpha value is -5.24. The Morgan fingerprint density at radius 2 is 1.23 bits per heavy atom. The number of aliphatic hydroxyl groups is 1. The molecule has 0 atom stereocenters. The molecule has 0 fully saturated rings. The number of ether oxygens (including phenoxy) is 3. The minimum absolute atomic E-state index is 0.138. The molecule has 258 valence electrons. The van der Waals surface area contributed by atoms with E-state index >= 15 is 0 Å². The molecule has 1 aliphatic heterocycles. The predicted octanol–water partition coefficient (Wildman–Crippen LogP) is 12.3. The summed E-state index contributed by atoms with van der Waals surface area (Å²) in [4.78, 5) is 13.7. The normalized spacial score (nSPS) is 15.6. The number of hydrogen-bond acceptors (Lipinski definition) is 5. The summed E-state index contributed by atoms with van der Waals surface area (Å²) < 4.78 is 23.8. The highest BCUT2D eigenvalue weighted by molar-refractivity contribution is 6.42. The molecule has 1 N–H and O–H groups in total.